The van der Waals surface area contributed by atoms with Crippen LogP contribution in [-0.4, -0.2) is 38.3 Å². The third kappa shape index (κ3) is 2.83. The maximum Gasteiger partial charge on any atom is 0.0804 e. The van der Waals surface area contributed by atoms with Crippen LogP contribution < -0.4 is 0 Å². The van der Waals surface area contributed by atoms with Gasteiger partial charge >= 0.3 is 0 Å². The molecular weight excluding hydrogens is 302 g/mol. The molecule has 1 aromatic carbocycles. The Morgan fingerprint density at radius 3 is 2.83 bits per heavy atom. The zero-order chi connectivity index (χ0) is 15.8. The highest BCUT2D eigenvalue weighted by Crippen LogP contribution is 2.31. The van der Waals surface area contributed by atoms with E-state index < -0.39 is 0 Å². The van der Waals surface area contributed by atoms with Gasteiger partial charge in [0.25, 0.3) is 0 Å². The van der Waals surface area contributed by atoms with Crippen LogP contribution in [0.4, 0.5) is 0 Å². The Kier molecular flexibility index (Phi) is 4.20. The molecule has 0 saturated carbocycles. The van der Waals surface area contributed by atoms with Crippen LogP contribution in [0.15, 0.2) is 30.3 Å². The standard InChI is InChI=1S/C19H25N3S/c1-14-15(2)23-12-11-21(14)13-18-17-9-6-10-19(17)22(20-18)16-7-4-3-5-8-16/h3-5,7-8,14-15H,6,9-13H2,1-2H3/t14-,15-/m1/s1. The van der Waals surface area contributed by atoms with E-state index in [-0.39, 0.29) is 0 Å². The van der Waals surface area contributed by atoms with Gasteiger partial charge in [-0.15, -0.1) is 0 Å². The van der Waals surface area contributed by atoms with Crippen molar-refractivity contribution >= 4 is 11.8 Å². The summed E-state index contributed by atoms with van der Waals surface area (Å²) < 4.78 is 2.20. The van der Waals surface area contributed by atoms with Gasteiger partial charge in [-0.3, -0.25) is 4.90 Å². The Bertz CT molecular complexity index is 679. The van der Waals surface area contributed by atoms with Gasteiger partial charge in [-0.1, -0.05) is 25.1 Å². The molecule has 1 aliphatic heterocycles. The third-order valence-corrected chi connectivity index (χ3v) is 6.72. The molecule has 4 heteroatoms. The number of para-hydroxylation sites is 1. The average molecular weight is 327 g/mol. The van der Waals surface area contributed by atoms with Crippen molar-refractivity contribution in [2.45, 2.75) is 50.9 Å². The van der Waals surface area contributed by atoms with Gasteiger partial charge in [0.2, 0.25) is 0 Å². The number of aromatic nitrogens is 2. The topological polar surface area (TPSA) is 21.1 Å². The second-order valence-electron chi connectivity index (χ2n) is 6.76. The number of hydrogen-bond acceptors (Lipinski definition) is 3. The van der Waals surface area contributed by atoms with Crippen LogP contribution in [0.5, 0.6) is 0 Å². The monoisotopic (exact) mass is 327 g/mol. The normalized spacial score (nSPS) is 24.8. The molecule has 0 radical (unpaired) electrons. The SMILES string of the molecule is C[C@@H]1[C@@H](C)SCCN1Cc1nn(-c2ccccc2)c2c1CCC2. The highest BCUT2D eigenvalue weighted by molar-refractivity contribution is 8.00. The molecule has 2 atom stereocenters. The molecule has 0 amide bonds. The maximum atomic E-state index is 5.02. The summed E-state index contributed by atoms with van der Waals surface area (Å²) in [6.45, 7) is 6.91. The van der Waals surface area contributed by atoms with Gasteiger partial charge in [0, 0.05) is 35.8 Å². The quantitative estimate of drug-likeness (QED) is 0.858. The number of hydrogen-bond donors (Lipinski definition) is 0. The van der Waals surface area contributed by atoms with E-state index in [4.69, 9.17) is 5.10 Å². The van der Waals surface area contributed by atoms with Crippen molar-refractivity contribution in [2.24, 2.45) is 0 Å². The zero-order valence-corrected chi connectivity index (χ0v) is 14.9. The molecule has 4 rings (SSSR count). The first-order valence-electron chi connectivity index (χ1n) is 8.75. The highest BCUT2D eigenvalue weighted by atomic mass is 32.2. The van der Waals surface area contributed by atoms with Gasteiger partial charge in [-0.2, -0.15) is 16.9 Å². The number of rotatable bonds is 3. The van der Waals surface area contributed by atoms with Crippen LogP contribution >= 0.6 is 11.8 Å². The van der Waals surface area contributed by atoms with Gasteiger partial charge in [-0.25, -0.2) is 4.68 Å². The predicted octanol–water partition coefficient (Wildman–Crippen LogP) is 3.69. The van der Waals surface area contributed by atoms with Crippen LogP contribution in [-0.2, 0) is 19.4 Å². The predicted molar refractivity (Wildman–Crippen MR) is 97.4 cm³/mol. The van der Waals surface area contributed by atoms with Crippen LogP contribution in [0.3, 0.4) is 0 Å². The Hall–Kier alpha value is -1.26. The molecule has 1 saturated heterocycles. The van der Waals surface area contributed by atoms with Crippen molar-refractivity contribution in [3.05, 3.63) is 47.3 Å². The highest BCUT2D eigenvalue weighted by Gasteiger charge is 2.29. The van der Waals surface area contributed by atoms with Crippen molar-refractivity contribution in [3.8, 4) is 5.69 Å². The lowest BCUT2D eigenvalue weighted by atomic mass is 10.1. The van der Waals surface area contributed by atoms with Gasteiger partial charge in [0.05, 0.1) is 11.4 Å². The zero-order valence-electron chi connectivity index (χ0n) is 14.0. The number of benzene rings is 1. The summed E-state index contributed by atoms with van der Waals surface area (Å²) in [4.78, 5) is 2.62. The van der Waals surface area contributed by atoms with E-state index in [0.717, 1.165) is 6.54 Å². The van der Waals surface area contributed by atoms with E-state index in [1.54, 1.807) is 0 Å². The average Bonchev–Trinajstić information content (AvgIpc) is 3.16. The summed E-state index contributed by atoms with van der Waals surface area (Å²) in [6, 6.07) is 11.2. The van der Waals surface area contributed by atoms with Crippen molar-refractivity contribution in [2.75, 3.05) is 12.3 Å². The van der Waals surface area contributed by atoms with Crippen LogP contribution in [0, 0.1) is 0 Å². The maximum absolute atomic E-state index is 5.02. The molecule has 122 valence electrons. The molecule has 0 bridgehead atoms. The summed E-state index contributed by atoms with van der Waals surface area (Å²) in [5, 5.41) is 5.74. The third-order valence-electron chi connectivity index (χ3n) is 5.38. The van der Waals surface area contributed by atoms with E-state index in [2.05, 4.69) is 65.5 Å². The van der Waals surface area contributed by atoms with E-state index in [0.29, 0.717) is 11.3 Å². The van der Waals surface area contributed by atoms with E-state index >= 15 is 0 Å². The van der Waals surface area contributed by atoms with Crippen molar-refractivity contribution in [1.82, 2.24) is 14.7 Å². The molecule has 0 unspecified atom stereocenters. The van der Waals surface area contributed by atoms with E-state index in [9.17, 15) is 0 Å². The molecule has 23 heavy (non-hydrogen) atoms. The van der Waals surface area contributed by atoms with Crippen LogP contribution in [0.2, 0.25) is 0 Å². The number of thioether (sulfide) groups is 1. The van der Waals surface area contributed by atoms with Crippen molar-refractivity contribution < 1.29 is 0 Å². The van der Waals surface area contributed by atoms with Crippen molar-refractivity contribution in [1.29, 1.82) is 0 Å². The molecule has 2 heterocycles. The van der Waals surface area contributed by atoms with Crippen LogP contribution in [0.1, 0.15) is 37.2 Å². The fraction of sp³-hybridized carbons (Fsp3) is 0.526. The Morgan fingerprint density at radius 2 is 2.00 bits per heavy atom. The summed E-state index contributed by atoms with van der Waals surface area (Å²) in [5.74, 6) is 1.24. The lowest BCUT2D eigenvalue weighted by Crippen LogP contribution is -2.44. The molecule has 0 N–H and O–H groups in total. The molecule has 3 nitrogen and oxygen atoms in total. The molecule has 1 fully saturated rings. The van der Waals surface area contributed by atoms with Crippen LogP contribution in [0.25, 0.3) is 5.69 Å². The molecular formula is C19H25N3S. The Morgan fingerprint density at radius 1 is 1.17 bits per heavy atom. The Labute approximate surface area is 143 Å². The summed E-state index contributed by atoms with van der Waals surface area (Å²) in [5.41, 5.74) is 5.48. The van der Waals surface area contributed by atoms with E-state index in [1.165, 1.54) is 54.2 Å². The smallest absolute Gasteiger partial charge is 0.0804 e. The largest absolute Gasteiger partial charge is 0.293 e. The van der Waals surface area contributed by atoms with Gasteiger partial charge in [0.15, 0.2) is 0 Å². The minimum atomic E-state index is 0.632. The van der Waals surface area contributed by atoms with Gasteiger partial charge in [0.1, 0.15) is 0 Å². The van der Waals surface area contributed by atoms with Crippen molar-refractivity contribution in [3.63, 3.8) is 0 Å². The molecule has 1 aromatic heterocycles. The van der Waals surface area contributed by atoms with Gasteiger partial charge < -0.3 is 0 Å². The molecule has 2 aliphatic rings. The minimum absolute atomic E-state index is 0.632. The fourth-order valence-corrected chi connectivity index (χ4v) is 5.00. The summed E-state index contributed by atoms with van der Waals surface area (Å²) >= 11 is 2.10. The van der Waals surface area contributed by atoms with Gasteiger partial charge in [-0.05, 0) is 43.9 Å². The lowest BCUT2D eigenvalue weighted by Gasteiger charge is -2.37. The molecule has 2 aromatic rings. The van der Waals surface area contributed by atoms with E-state index in [1.807, 2.05) is 0 Å². The fourth-order valence-electron chi connectivity index (χ4n) is 3.83. The summed E-state index contributed by atoms with van der Waals surface area (Å²) in [7, 11) is 0. The lowest BCUT2D eigenvalue weighted by molar-refractivity contribution is 0.201. The molecule has 0 spiro atoms. The first-order chi connectivity index (χ1) is 11.2. The second kappa shape index (κ2) is 6.33. The molecule has 1 aliphatic carbocycles. The number of nitrogens with zero attached hydrogens (tertiary/aromatic N) is 3. The summed E-state index contributed by atoms with van der Waals surface area (Å²) in [6.07, 6.45) is 3.64. The second-order valence-corrected chi connectivity index (χ2v) is 8.24. The first kappa shape index (κ1) is 15.3. The Balaban J connectivity index is 1.65. The number of fused-ring (bicyclic) bond motifs is 1. The first-order valence-corrected chi connectivity index (χ1v) is 9.79. The minimum Gasteiger partial charge on any atom is -0.293 e.